The maximum absolute atomic E-state index is 3.84. The summed E-state index contributed by atoms with van der Waals surface area (Å²) >= 11 is 0. The Bertz CT molecular complexity index is 552. The van der Waals surface area contributed by atoms with E-state index in [-0.39, 0.29) is 68.5 Å². The number of hydrogen-bond acceptors (Lipinski definition) is 0. The van der Waals surface area contributed by atoms with Gasteiger partial charge in [-0.15, -0.1) is 0 Å². The van der Waals surface area contributed by atoms with Crippen molar-refractivity contribution in [3.63, 3.8) is 0 Å². The van der Waals surface area contributed by atoms with Gasteiger partial charge in [0.15, 0.2) is 0 Å². The fourth-order valence-corrected chi connectivity index (χ4v) is 5.81. The summed E-state index contributed by atoms with van der Waals surface area (Å²) in [6.45, 7) is 2.31. The van der Waals surface area contributed by atoms with Gasteiger partial charge in [0.1, 0.15) is 0 Å². The van der Waals surface area contributed by atoms with E-state index in [4.69, 9.17) is 0 Å². The number of benzene rings is 1. The molecule has 1 aromatic rings. The molecule has 0 unspecified atom stereocenters. The summed E-state index contributed by atoms with van der Waals surface area (Å²) in [6, 6.07) is 11.1. The van der Waals surface area contributed by atoms with E-state index in [0.717, 1.165) is 5.92 Å². The van der Waals surface area contributed by atoms with Gasteiger partial charge in [0.05, 0.1) is 9.52 Å². The number of allylic oxidation sites excluding steroid dienone is 4. The molecule has 0 amide bonds. The summed E-state index contributed by atoms with van der Waals surface area (Å²) in [5.41, 5.74) is 3.35. The molecule has 0 saturated heterocycles. The predicted molar refractivity (Wildman–Crippen MR) is 99.1 cm³/mol. The van der Waals surface area contributed by atoms with E-state index in [1.165, 1.54) is 57.8 Å². The van der Waals surface area contributed by atoms with Crippen LogP contribution in [0.5, 0.6) is 0 Å². The Morgan fingerprint density at radius 1 is 1.00 bits per heavy atom. The topological polar surface area (TPSA) is 0 Å². The van der Waals surface area contributed by atoms with Gasteiger partial charge in [0, 0.05) is 0 Å². The second kappa shape index (κ2) is 15.4. The van der Waals surface area contributed by atoms with Crippen LogP contribution < -0.4 is 42.4 Å². The van der Waals surface area contributed by atoms with Crippen LogP contribution in [-0.2, 0) is 21.7 Å². The molecule has 0 aliphatic heterocycles. The van der Waals surface area contributed by atoms with E-state index < -0.39 is 0 Å². The van der Waals surface area contributed by atoms with Gasteiger partial charge in [-0.1, -0.05) is 106 Å². The molecule has 0 atom stereocenters. The van der Waals surface area contributed by atoms with Gasteiger partial charge in [0.2, 0.25) is 0 Å². The van der Waals surface area contributed by atoms with Crippen molar-refractivity contribution in [2.45, 2.75) is 64.7 Å². The Morgan fingerprint density at radius 3 is 2.27 bits per heavy atom. The summed E-state index contributed by atoms with van der Waals surface area (Å²) in [7, 11) is -0.289. The fourth-order valence-electron chi connectivity index (χ4n) is 4.08. The maximum atomic E-state index is 3.84. The summed E-state index contributed by atoms with van der Waals surface area (Å²) in [6.07, 6.45) is 16.3. The largest absolute Gasteiger partial charge is 4.00 e. The zero-order valence-corrected chi connectivity index (χ0v) is 20.9. The number of hydrogen-bond donors (Lipinski definition) is 0. The molecule has 1 saturated carbocycles. The second-order valence-corrected chi connectivity index (χ2v) is 9.13. The average molecular weight is 464 g/mol. The zero-order valence-electron chi connectivity index (χ0n) is 15.7. The second-order valence-electron chi connectivity index (χ2n) is 7.11. The number of rotatable bonds is 6. The molecule has 2 aliphatic carbocycles. The maximum Gasteiger partial charge on any atom is 4.00 e. The molecule has 0 spiro atoms. The van der Waals surface area contributed by atoms with Gasteiger partial charge in [-0.2, -0.15) is 5.20 Å². The first-order valence-corrected chi connectivity index (χ1v) is 10.6. The van der Waals surface area contributed by atoms with Crippen molar-refractivity contribution in [3.8, 4) is 0 Å². The monoisotopic (exact) mass is 462 g/mol. The fraction of sp³-hybridized carbons (Fsp3) is 0.524. The van der Waals surface area contributed by atoms with Crippen molar-refractivity contribution in [1.29, 1.82) is 0 Å². The minimum absolute atomic E-state index is 0. The quantitative estimate of drug-likeness (QED) is 0.296. The van der Waals surface area contributed by atoms with Crippen LogP contribution in [0, 0.1) is 12.0 Å². The Morgan fingerprint density at radius 2 is 1.65 bits per heavy atom. The van der Waals surface area contributed by atoms with Gasteiger partial charge in [-0.05, 0) is 0 Å². The van der Waals surface area contributed by atoms with Crippen molar-refractivity contribution in [2.24, 2.45) is 5.92 Å². The van der Waals surface area contributed by atoms with Crippen molar-refractivity contribution in [1.82, 2.24) is 0 Å². The third kappa shape index (κ3) is 8.67. The summed E-state index contributed by atoms with van der Waals surface area (Å²) in [5.74, 6) is 0.968. The first-order valence-electron chi connectivity index (χ1n) is 9.21. The van der Waals surface area contributed by atoms with E-state index in [1.54, 1.807) is 21.5 Å². The van der Waals surface area contributed by atoms with Crippen molar-refractivity contribution >= 4 is 14.7 Å². The number of halogens is 3. The van der Waals surface area contributed by atoms with E-state index in [1.807, 2.05) is 0 Å². The van der Waals surface area contributed by atoms with Crippen LogP contribution in [0.1, 0.15) is 64.7 Å². The summed E-state index contributed by atoms with van der Waals surface area (Å²) in [4.78, 5) is 0. The van der Waals surface area contributed by atoms with Gasteiger partial charge >= 0.3 is 21.7 Å². The van der Waals surface area contributed by atoms with Crippen LogP contribution in [-0.4, -0.2) is 9.52 Å². The minimum Gasteiger partial charge on any atom is -1.00 e. The predicted octanol–water partition coefficient (Wildman–Crippen LogP) is -4.35. The summed E-state index contributed by atoms with van der Waals surface area (Å²) in [5, 5.41) is 3.22. The standard InChI is InChI=1S/C21H29Si.3ClH.Ti/c1-2-9-18-15-21(22-20-12-7-4-8-13-20)16-19(18)14-17-10-5-3-6-11-17;;;;/h4,7-8,12-13,17H,2-3,5-6,9-11,14,16,22H2,1H3;3*1H;/q-1;;;;+4/p-3. The van der Waals surface area contributed by atoms with Crippen LogP contribution >= 0.6 is 0 Å². The van der Waals surface area contributed by atoms with Crippen molar-refractivity contribution < 1.29 is 58.9 Å². The molecule has 5 heteroatoms. The van der Waals surface area contributed by atoms with Crippen LogP contribution in [0.4, 0.5) is 0 Å². The summed E-state index contributed by atoms with van der Waals surface area (Å²) < 4.78 is 0. The van der Waals surface area contributed by atoms with Gasteiger partial charge in [-0.3, -0.25) is 6.08 Å². The van der Waals surface area contributed by atoms with Gasteiger partial charge in [-0.25, -0.2) is 11.1 Å². The average Bonchev–Trinajstić information content (AvgIpc) is 2.91. The van der Waals surface area contributed by atoms with E-state index in [9.17, 15) is 0 Å². The third-order valence-corrected chi connectivity index (χ3v) is 6.93. The minimum atomic E-state index is -0.289. The molecule has 0 bridgehead atoms. The SMILES string of the molecule is CCCC1=C(CC2CCCCC2)CC([SiH2]c2ccccc2)=[C-]1.[Cl-].[Cl-].[Cl-].[Ti+4]. The normalized spacial score (nSPS) is 17.0. The van der Waals surface area contributed by atoms with Gasteiger partial charge in [0.25, 0.3) is 0 Å². The van der Waals surface area contributed by atoms with Crippen molar-refractivity contribution in [2.75, 3.05) is 0 Å². The molecule has 0 radical (unpaired) electrons. The Labute approximate surface area is 196 Å². The van der Waals surface area contributed by atoms with Crippen molar-refractivity contribution in [3.05, 3.63) is 52.8 Å². The molecule has 0 aromatic heterocycles. The molecule has 1 fully saturated rings. The molecular formula is C21H29Cl3SiTi. The molecule has 3 rings (SSSR count). The zero-order chi connectivity index (χ0) is 15.2. The molecule has 0 heterocycles. The van der Waals surface area contributed by atoms with Gasteiger partial charge < -0.3 is 37.2 Å². The molecule has 1 aromatic carbocycles. The Hall–Kier alpha value is 0.501. The van der Waals surface area contributed by atoms with Crippen LogP contribution in [0.3, 0.4) is 0 Å². The van der Waals surface area contributed by atoms with E-state index in [2.05, 4.69) is 43.3 Å². The van der Waals surface area contributed by atoms with Crippen LogP contribution in [0.15, 0.2) is 46.7 Å². The molecular weight excluding hydrogens is 435 g/mol. The smallest absolute Gasteiger partial charge is 1.00 e. The molecule has 142 valence electrons. The van der Waals surface area contributed by atoms with E-state index in [0.29, 0.717) is 0 Å². The first-order chi connectivity index (χ1) is 10.8. The molecule has 2 aliphatic rings. The Balaban J connectivity index is 0. The van der Waals surface area contributed by atoms with Crippen LogP contribution in [0.25, 0.3) is 0 Å². The molecule has 0 nitrogen and oxygen atoms in total. The first kappa shape index (κ1) is 28.7. The Kier molecular flexibility index (Phi) is 17.0. The third-order valence-electron chi connectivity index (χ3n) is 5.20. The van der Waals surface area contributed by atoms with E-state index >= 15 is 0 Å². The molecule has 0 N–H and O–H groups in total. The molecule has 26 heavy (non-hydrogen) atoms. The van der Waals surface area contributed by atoms with Crippen LogP contribution in [0.2, 0.25) is 0 Å².